The number of rotatable bonds is 1. The second-order valence-electron chi connectivity index (χ2n) is 4.41. The van der Waals surface area contributed by atoms with Gasteiger partial charge in [0.1, 0.15) is 5.75 Å². The summed E-state index contributed by atoms with van der Waals surface area (Å²) >= 11 is 0. The Morgan fingerprint density at radius 1 is 1.44 bits per heavy atom. The predicted octanol–water partition coefficient (Wildman–Crippen LogP) is 0.854. The third-order valence-corrected chi connectivity index (χ3v) is 3.09. The van der Waals surface area contributed by atoms with Crippen molar-refractivity contribution >= 4 is 5.65 Å². The van der Waals surface area contributed by atoms with E-state index in [1.54, 1.807) is 22.8 Å². The Labute approximate surface area is 93.3 Å². The van der Waals surface area contributed by atoms with Gasteiger partial charge in [0.15, 0.2) is 11.5 Å². The Morgan fingerprint density at radius 3 is 3.06 bits per heavy atom. The number of likely N-dealkylation sites (tertiary alicyclic amines) is 1. The number of aromatic hydroxyl groups is 1. The standard InChI is InChI=1S/C11H14N4O/c1-14-5-4-8(6-14)11-12-10-3-2-9(16)7-15(10)13-11/h2-3,7-8,16H,4-6H2,1H3. The molecule has 3 heterocycles. The van der Waals surface area contributed by atoms with E-state index < -0.39 is 0 Å². The Kier molecular flexibility index (Phi) is 2.07. The first-order chi connectivity index (χ1) is 7.72. The first-order valence-electron chi connectivity index (χ1n) is 5.46. The largest absolute Gasteiger partial charge is 0.506 e. The molecule has 1 unspecified atom stereocenters. The number of aromatic nitrogens is 3. The van der Waals surface area contributed by atoms with Crippen LogP contribution in [0.4, 0.5) is 0 Å². The highest BCUT2D eigenvalue weighted by Crippen LogP contribution is 2.24. The number of hydrogen-bond donors (Lipinski definition) is 1. The molecule has 1 saturated heterocycles. The lowest BCUT2D eigenvalue weighted by atomic mass is 10.1. The zero-order chi connectivity index (χ0) is 11.1. The van der Waals surface area contributed by atoms with Crippen LogP contribution in [0.25, 0.3) is 5.65 Å². The second-order valence-corrected chi connectivity index (χ2v) is 4.41. The molecule has 0 radical (unpaired) electrons. The van der Waals surface area contributed by atoms with Gasteiger partial charge in [-0.3, -0.25) is 0 Å². The fourth-order valence-corrected chi connectivity index (χ4v) is 2.21. The van der Waals surface area contributed by atoms with Crippen LogP contribution in [0.1, 0.15) is 18.2 Å². The second kappa shape index (κ2) is 3.45. The molecule has 0 saturated carbocycles. The number of nitrogens with zero attached hydrogens (tertiary/aromatic N) is 4. The summed E-state index contributed by atoms with van der Waals surface area (Å²) in [5, 5.41) is 13.8. The van der Waals surface area contributed by atoms with E-state index in [1.807, 2.05) is 0 Å². The van der Waals surface area contributed by atoms with Crippen molar-refractivity contribution < 1.29 is 5.11 Å². The molecule has 0 amide bonds. The van der Waals surface area contributed by atoms with Crippen LogP contribution in [0, 0.1) is 0 Å². The number of fused-ring (bicyclic) bond motifs is 1. The van der Waals surface area contributed by atoms with Crippen LogP contribution < -0.4 is 0 Å². The van der Waals surface area contributed by atoms with E-state index in [0.29, 0.717) is 5.92 Å². The Balaban J connectivity index is 1.99. The summed E-state index contributed by atoms with van der Waals surface area (Å²) in [5.41, 5.74) is 0.794. The van der Waals surface area contributed by atoms with Crippen molar-refractivity contribution in [1.82, 2.24) is 19.5 Å². The van der Waals surface area contributed by atoms with E-state index in [1.165, 1.54) is 0 Å². The predicted molar refractivity (Wildman–Crippen MR) is 59.5 cm³/mol. The molecule has 0 spiro atoms. The highest BCUT2D eigenvalue weighted by molar-refractivity contribution is 5.40. The van der Waals surface area contributed by atoms with Crippen molar-refractivity contribution in [3.63, 3.8) is 0 Å². The topological polar surface area (TPSA) is 53.7 Å². The Hall–Kier alpha value is -1.62. The van der Waals surface area contributed by atoms with E-state index in [2.05, 4.69) is 22.0 Å². The molecule has 1 fully saturated rings. The SMILES string of the molecule is CN1CCC(c2nc3ccc(O)cn3n2)C1. The molecule has 1 atom stereocenters. The molecule has 1 N–H and O–H groups in total. The maximum absolute atomic E-state index is 9.35. The van der Waals surface area contributed by atoms with Crippen LogP contribution in [0.2, 0.25) is 0 Å². The zero-order valence-electron chi connectivity index (χ0n) is 9.17. The average molecular weight is 218 g/mol. The van der Waals surface area contributed by atoms with Crippen LogP contribution >= 0.6 is 0 Å². The van der Waals surface area contributed by atoms with E-state index >= 15 is 0 Å². The molecule has 2 aromatic rings. The van der Waals surface area contributed by atoms with Gasteiger partial charge in [-0.15, -0.1) is 0 Å². The molecule has 1 aliphatic rings. The quantitative estimate of drug-likeness (QED) is 0.771. The van der Waals surface area contributed by atoms with Gasteiger partial charge in [-0.2, -0.15) is 5.10 Å². The van der Waals surface area contributed by atoms with Crippen molar-refractivity contribution in [1.29, 1.82) is 0 Å². The molecule has 1 aliphatic heterocycles. The van der Waals surface area contributed by atoms with Gasteiger partial charge in [0, 0.05) is 12.5 Å². The van der Waals surface area contributed by atoms with Crippen molar-refractivity contribution in [3.8, 4) is 5.75 Å². The molecule has 0 aromatic carbocycles. The lowest BCUT2D eigenvalue weighted by Crippen LogP contribution is -2.13. The molecule has 5 nitrogen and oxygen atoms in total. The molecule has 16 heavy (non-hydrogen) atoms. The Morgan fingerprint density at radius 2 is 2.31 bits per heavy atom. The van der Waals surface area contributed by atoms with Gasteiger partial charge in [-0.1, -0.05) is 0 Å². The van der Waals surface area contributed by atoms with E-state index in [-0.39, 0.29) is 5.75 Å². The Bertz CT molecular complexity index is 522. The van der Waals surface area contributed by atoms with Crippen molar-refractivity contribution in [2.75, 3.05) is 20.1 Å². The molecular weight excluding hydrogens is 204 g/mol. The lowest BCUT2D eigenvalue weighted by Gasteiger charge is -2.05. The highest BCUT2D eigenvalue weighted by Gasteiger charge is 2.24. The van der Waals surface area contributed by atoms with Gasteiger partial charge < -0.3 is 10.0 Å². The zero-order valence-corrected chi connectivity index (χ0v) is 9.17. The fraction of sp³-hybridized carbons (Fsp3) is 0.455. The first kappa shape index (κ1) is 9.59. The summed E-state index contributed by atoms with van der Waals surface area (Å²) in [5.74, 6) is 1.52. The highest BCUT2D eigenvalue weighted by atomic mass is 16.3. The summed E-state index contributed by atoms with van der Waals surface area (Å²) in [4.78, 5) is 6.77. The van der Waals surface area contributed by atoms with Crippen molar-refractivity contribution in [2.24, 2.45) is 0 Å². The van der Waals surface area contributed by atoms with Crippen LogP contribution in [-0.2, 0) is 0 Å². The number of pyridine rings is 1. The van der Waals surface area contributed by atoms with Crippen LogP contribution in [0.3, 0.4) is 0 Å². The number of hydrogen-bond acceptors (Lipinski definition) is 4. The summed E-state index contributed by atoms with van der Waals surface area (Å²) in [7, 11) is 2.11. The maximum Gasteiger partial charge on any atom is 0.156 e. The van der Waals surface area contributed by atoms with Crippen LogP contribution in [0.15, 0.2) is 18.3 Å². The minimum absolute atomic E-state index is 0.215. The number of likely N-dealkylation sites (N-methyl/N-ethyl adjacent to an activating group) is 1. The normalized spacial score (nSPS) is 21.9. The van der Waals surface area contributed by atoms with Crippen LogP contribution in [-0.4, -0.2) is 44.7 Å². The summed E-state index contributed by atoms with van der Waals surface area (Å²) in [6.45, 7) is 2.12. The molecule has 5 heteroatoms. The molecule has 84 valence electrons. The van der Waals surface area contributed by atoms with E-state index in [0.717, 1.165) is 31.0 Å². The van der Waals surface area contributed by atoms with Gasteiger partial charge in [0.2, 0.25) is 0 Å². The minimum atomic E-state index is 0.215. The maximum atomic E-state index is 9.35. The van der Waals surface area contributed by atoms with Gasteiger partial charge in [0.25, 0.3) is 0 Å². The van der Waals surface area contributed by atoms with Crippen molar-refractivity contribution in [3.05, 3.63) is 24.2 Å². The van der Waals surface area contributed by atoms with E-state index in [9.17, 15) is 5.11 Å². The first-order valence-corrected chi connectivity index (χ1v) is 5.46. The monoisotopic (exact) mass is 218 g/mol. The summed E-state index contributed by atoms with van der Waals surface area (Å²) in [6.07, 6.45) is 2.70. The molecule has 3 rings (SSSR count). The minimum Gasteiger partial charge on any atom is -0.506 e. The fourth-order valence-electron chi connectivity index (χ4n) is 2.21. The summed E-state index contributed by atoms with van der Waals surface area (Å²) < 4.78 is 1.64. The average Bonchev–Trinajstić information content (AvgIpc) is 2.83. The third-order valence-electron chi connectivity index (χ3n) is 3.09. The summed E-state index contributed by atoms with van der Waals surface area (Å²) in [6, 6.07) is 3.42. The van der Waals surface area contributed by atoms with Gasteiger partial charge in [0.05, 0.1) is 6.20 Å². The van der Waals surface area contributed by atoms with E-state index in [4.69, 9.17) is 0 Å². The smallest absolute Gasteiger partial charge is 0.156 e. The molecule has 0 aliphatic carbocycles. The third kappa shape index (κ3) is 1.53. The van der Waals surface area contributed by atoms with Crippen LogP contribution in [0.5, 0.6) is 5.75 Å². The molecule has 0 bridgehead atoms. The van der Waals surface area contributed by atoms with Gasteiger partial charge in [-0.25, -0.2) is 9.50 Å². The van der Waals surface area contributed by atoms with Gasteiger partial charge in [-0.05, 0) is 32.1 Å². The van der Waals surface area contributed by atoms with Crippen molar-refractivity contribution in [2.45, 2.75) is 12.3 Å². The van der Waals surface area contributed by atoms with Gasteiger partial charge >= 0.3 is 0 Å². The lowest BCUT2D eigenvalue weighted by molar-refractivity contribution is 0.409. The molecule has 2 aromatic heterocycles. The molecular formula is C11H14N4O.